The van der Waals surface area contributed by atoms with E-state index in [9.17, 15) is 9.90 Å². The molecule has 0 radical (unpaired) electrons. The largest absolute Gasteiger partial charge is 0.388 e. The first-order valence-corrected chi connectivity index (χ1v) is 8.41. The number of fused-ring (bicyclic) bond motifs is 1. The Morgan fingerprint density at radius 1 is 1.50 bits per heavy atom. The maximum atomic E-state index is 12.2. The van der Waals surface area contributed by atoms with Crippen LogP contribution in [0.5, 0.6) is 0 Å². The van der Waals surface area contributed by atoms with Gasteiger partial charge in [-0.25, -0.2) is 0 Å². The Bertz CT molecular complexity index is 477. The second-order valence-corrected chi connectivity index (χ2v) is 7.16. The molecule has 0 saturated carbocycles. The lowest BCUT2D eigenvalue weighted by Gasteiger charge is -2.25. The highest BCUT2D eigenvalue weighted by molar-refractivity contribution is 7.14. The Kier molecular flexibility index (Phi) is 4.86. The zero-order valence-electron chi connectivity index (χ0n) is 12.7. The molecule has 1 aromatic heterocycles. The lowest BCUT2D eigenvalue weighted by Crippen LogP contribution is -2.41. The summed E-state index contributed by atoms with van der Waals surface area (Å²) in [6.45, 7) is 6.49. The van der Waals surface area contributed by atoms with Crippen molar-refractivity contribution in [3.63, 3.8) is 0 Å². The highest BCUT2D eigenvalue weighted by Gasteiger charge is 2.25. The maximum absolute atomic E-state index is 12.2. The van der Waals surface area contributed by atoms with E-state index < -0.39 is 5.60 Å². The van der Waals surface area contributed by atoms with E-state index in [0.29, 0.717) is 19.4 Å². The highest BCUT2D eigenvalue weighted by Crippen LogP contribution is 2.32. The molecule has 1 heterocycles. The summed E-state index contributed by atoms with van der Waals surface area (Å²) in [7, 11) is 0. The lowest BCUT2D eigenvalue weighted by molar-refractivity contribution is 0.0314. The van der Waals surface area contributed by atoms with Crippen molar-refractivity contribution in [3.8, 4) is 0 Å². The van der Waals surface area contributed by atoms with Crippen LogP contribution in [-0.2, 0) is 12.8 Å². The van der Waals surface area contributed by atoms with E-state index in [1.165, 1.54) is 16.9 Å². The highest BCUT2D eigenvalue weighted by atomic mass is 32.1. The molecular weight excluding hydrogens is 270 g/mol. The molecule has 112 valence electrons. The van der Waals surface area contributed by atoms with Crippen molar-refractivity contribution in [2.75, 3.05) is 6.54 Å². The van der Waals surface area contributed by atoms with E-state index in [4.69, 9.17) is 0 Å². The summed E-state index contributed by atoms with van der Waals surface area (Å²) in [5.74, 6) is 0.677. The molecular formula is C16H25NO2S. The summed E-state index contributed by atoms with van der Waals surface area (Å²) >= 11 is 1.62. The van der Waals surface area contributed by atoms with Gasteiger partial charge < -0.3 is 10.4 Å². The third-order valence-electron chi connectivity index (χ3n) is 4.45. The van der Waals surface area contributed by atoms with E-state index in [-0.39, 0.29) is 5.91 Å². The smallest absolute Gasteiger partial charge is 0.261 e. The lowest BCUT2D eigenvalue weighted by atomic mass is 9.90. The molecule has 0 spiro atoms. The molecule has 0 fully saturated rings. The van der Waals surface area contributed by atoms with Crippen LogP contribution in [0.3, 0.4) is 0 Å². The normalized spacial score (nSPS) is 18.7. The average Bonchev–Trinajstić information content (AvgIpc) is 2.87. The summed E-state index contributed by atoms with van der Waals surface area (Å²) in [4.78, 5) is 14.4. The van der Waals surface area contributed by atoms with Gasteiger partial charge >= 0.3 is 0 Å². The molecule has 2 rings (SSSR count). The Balaban J connectivity index is 2.00. The van der Waals surface area contributed by atoms with Gasteiger partial charge in [0.05, 0.1) is 10.5 Å². The van der Waals surface area contributed by atoms with Gasteiger partial charge in [-0.3, -0.25) is 4.79 Å². The van der Waals surface area contributed by atoms with Crippen LogP contribution in [0.1, 0.15) is 60.1 Å². The van der Waals surface area contributed by atoms with Gasteiger partial charge in [0.1, 0.15) is 0 Å². The number of carbonyl (C=O) groups is 1. The molecule has 1 amide bonds. The van der Waals surface area contributed by atoms with Gasteiger partial charge in [0.2, 0.25) is 0 Å². The Hall–Kier alpha value is -0.870. The summed E-state index contributed by atoms with van der Waals surface area (Å²) < 4.78 is 0. The summed E-state index contributed by atoms with van der Waals surface area (Å²) in [6, 6.07) is 2.04. The second-order valence-electron chi connectivity index (χ2n) is 6.02. The van der Waals surface area contributed by atoms with Gasteiger partial charge in [-0.15, -0.1) is 11.3 Å². The van der Waals surface area contributed by atoms with Crippen molar-refractivity contribution in [1.82, 2.24) is 5.32 Å². The number of amides is 1. The topological polar surface area (TPSA) is 49.3 Å². The van der Waals surface area contributed by atoms with E-state index in [0.717, 1.165) is 23.6 Å². The fourth-order valence-electron chi connectivity index (χ4n) is 2.65. The number of aryl methyl sites for hydroxylation is 1. The van der Waals surface area contributed by atoms with Gasteiger partial charge in [0.25, 0.3) is 5.91 Å². The van der Waals surface area contributed by atoms with E-state index in [1.807, 2.05) is 19.9 Å². The fraction of sp³-hybridized carbons (Fsp3) is 0.688. The molecule has 20 heavy (non-hydrogen) atoms. The third kappa shape index (κ3) is 3.41. The Labute approximate surface area is 125 Å². The van der Waals surface area contributed by atoms with Crippen LogP contribution >= 0.6 is 11.3 Å². The minimum absolute atomic E-state index is 0.0441. The minimum Gasteiger partial charge on any atom is -0.388 e. The molecule has 1 aliphatic carbocycles. The van der Waals surface area contributed by atoms with Crippen LogP contribution < -0.4 is 5.32 Å². The monoisotopic (exact) mass is 295 g/mol. The Morgan fingerprint density at radius 2 is 2.20 bits per heavy atom. The first kappa shape index (κ1) is 15.5. The zero-order valence-corrected chi connectivity index (χ0v) is 13.5. The second kappa shape index (κ2) is 6.27. The standard InChI is InChI=1S/C16H25NO2S/c1-4-16(19,5-2)10-17-15(18)14-9-12-8-11(3)6-7-13(12)20-14/h9,11,19H,4-8,10H2,1-3H3,(H,17,18). The molecule has 0 bridgehead atoms. The van der Waals surface area contributed by atoms with Crippen molar-refractivity contribution in [2.45, 2.75) is 58.5 Å². The number of hydrogen-bond acceptors (Lipinski definition) is 3. The molecule has 1 atom stereocenters. The van der Waals surface area contributed by atoms with Crippen LogP contribution in [0.25, 0.3) is 0 Å². The molecule has 4 heteroatoms. The maximum Gasteiger partial charge on any atom is 0.261 e. The number of aliphatic hydroxyl groups is 1. The average molecular weight is 295 g/mol. The fourth-order valence-corrected chi connectivity index (χ4v) is 3.77. The SMILES string of the molecule is CCC(O)(CC)CNC(=O)c1cc2c(s1)CCC(C)C2. The summed E-state index contributed by atoms with van der Waals surface area (Å²) in [5, 5.41) is 13.1. The van der Waals surface area contributed by atoms with Gasteiger partial charge in [0.15, 0.2) is 0 Å². The van der Waals surface area contributed by atoms with Crippen LogP contribution in [0.15, 0.2) is 6.07 Å². The van der Waals surface area contributed by atoms with Gasteiger partial charge in [-0.1, -0.05) is 20.8 Å². The van der Waals surface area contributed by atoms with Crippen molar-refractivity contribution in [1.29, 1.82) is 0 Å². The third-order valence-corrected chi connectivity index (χ3v) is 5.68. The molecule has 0 aliphatic heterocycles. The number of thiophene rings is 1. The molecule has 0 saturated heterocycles. The number of carbonyl (C=O) groups excluding carboxylic acids is 1. The van der Waals surface area contributed by atoms with Crippen LogP contribution in [0.4, 0.5) is 0 Å². The molecule has 1 unspecified atom stereocenters. The van der Waals surface area contributed by atoms with Crippen molar-refractivity contribution >= 4 is 17.2 Å². The quantitative estimate of drug-likeness (QED) is 0.876. The van der Waals surface area contributed by atoms with E-state index in [2.05, 4.69) is 12.2 Å². The minimum atomic E-state index is -0.777. The van der Waals surface area contributed by atoms with Crippen molar-refractivity contribution < 1.29 is 9.90 Å². The summed E-state index contributed by atoms with van der Waals surface area (Å²) in [5.41, 5.74) is 0.571. The first-order valence-electron chi connectivity index (χ1n) is 7.59. The van der Waals surface area contributed by atoms with Crippen LogP contribution in [0.2, 0.25) is 0 Å². The molecule has 1 aliphatic rings. The summed E-state index contributed by atoms with van der Waals surface area (Å²) in [6.07, 6.45) is 4.72. The number of nitrogens with one attached hydrogen (secondary N) is 1. The molecule has 1 aromatic rings. The van der Waals surface area contributed by atoms with Gasteiger partial charge in [-0.05, 0) is 49.7 Å². The van der Waals surface area contributed by atoms with Gasteiger partial charge in [0, 0.05) is 11.4 Å². The molecule has 0 aromatic carbocycles. The van der Waals surface area contributed by atoms with E-state index >= 15 is 0 Å². The number of rotatable bonds is 5. The van der Waals surface area contributed by atoms with Crippen molar-refractivity contribution in [3.05, 3.63) is 21.4 Å². The first-order chi connectivity index (χ1) is 9.47. The zero-order chi connectivity index (χ0) is 14.8. The van der Waals surface area contributed by atoms with Gasteiger partial charge in [-0.2, -0.15) is 0 Å². The van der Waals surface area contributed by atoms with Crippen LogP contribution in [0, 0.1) is 5.92 Å². The Morgan fingerprint density at radius 3 is 2.85 bits per heavy atom. The van der Waals surface area contributed by atoms with Crippen LogP contribution in [-0.4, -0.2) is 23.2 Å². The predicted molar refractivity (Wildman–Crippen MR) is 83.4 cm³/mol. The predicted octanol–water partition coefficient (Wildman–Crippen LogP) is 3.15. The molecule has 2 N–H and O–H groups in total. The number of hydrogen-bond donors (Lipinski definition) is 2. The van der Waals surface area contributed by atoms with E-state index in [1.54, 1.807) is 11.3 Å². The van der Waals surface area contributed by atoms with Crippen molar-refractivity contribution in [2.24, 2.45) is 5.92 Å². The molecule has 3 nitrogen and oxygen atoms in total.